The van der Waals surface area contributed by atoms with Gasteiger partial charge in [0.1, 0.15) is 0 Å². The zero-order valence-corrected chi connectivity index (χ0v) is 8.98. The lowest BCUT2D eigenvalue weighted by Crippen LogP contribution is -1.94. The molecule has 3 nitrogen and oxygen atoms in total. The molecular formula is C12H8ClNO2. The fourth-order valence-corrected chi connectivity index (χ4v) is 1.82. The van der Waals surface area contributed by atoms with Gasteiger partial charge in [-0.3, -0.25) is 4.79 Å². The number of fused-ring (bicyclic) bond motifs is 1. The predicted octanol–water partition coefficient (Wildman–Crippen LogP) is 3.23. The number of benzene rings is 1. The Balaban J connectivity index is 2.86. The smallest absolute Gasteiger partial charge is 0.153 e. The van der Waals surface area contributed by atoms with Gasteiger partial charge >= 0.3 is 0 Å². The van der Waals surface area contributed by atoms with E-state index in [-0.39, 0.29) is 5.56 Å². The topological polar surface area (TPSA) is 50.2 Å². The van der Waals surface area contributed by atoms with Crippen molar-refractivity contribution in [2.45, 2.75) is 0 Å². The van der Waals surface area contributed by atoms with Crippen LogP contribution in [0, 0.1) is 0 Å². The van der Waals surface area contributed by atoms with Crippen LogP contribution >= 0.6 is 11.6 Å². The third-order valence-electron chi connectivity index (χ3n) is 2.24. The number of rotatable bonds is 2. The van der Waals surface area contributed by atoms with Gasteiger partial charge in [-0.2, -0.15) is 0 Å². The van der Waals surface area contributed by atoms with Gasteiger partial charge in [-0.05, 0) is 12.1 Å². The third-order valence-corrected chi connectivity index (χ3v) is 2.65. The van der Waals surface area contributed by atoms with Crippen LogP contribution in [0.25, 0.3) is 17.0 Å². The van der Waals surface area contributed by atoms with E-state index >= 15 is 0 Å². The van der Waals surface area contributed by atoms with Crippen LogP contribution < -0.4 is 0 Å². The molecule has 0 aliphatic rings. The minimum absolute atomic E-state index is 0.283. The molecule has 0 fully saturated rings. The van der Waals surface area contributed by atoms with Gasteiger partial charge in [0.15, 0.2) is 6.29 Å². The summed E-state index contributed by atoms with van der Waals surface area (Å²) in [5.41, 5.74) is 1.33. The van der Waals surface area contributed by atoms with Crippen LogP contribution in [0.5, 0.6) is 0 Å². The van der Waals surface area contributed by atoms with E-state index in [1.807, 2.05) is 12.1 Å². The maximum absolute atomic E-state index is 10.9. The van der Waals surface area contributed by atoms with Crippen LogP contribution in [0.4, 0.5) is 0 Å². The zero-order chi connectivity index (χ0) is 11.5. The molecule has 0 spiro atoms. The minimum Gasteiger partial charge on any atom is -0.516 e. The van der Waals surface area contributed by atoms with E-state index in [1.165, 1.54) is 6.08 Å². The monoisotopic (exact) mass is 233 g/mol. The van der Waals surface area contributed by atoms with Gasteiger partial charge in [0.2, 0.25) is 0 Å². The molecule has 0 unspecified atom stereocenters. The van der Waals surface area contributed by atoms with Crippen molar-refractivity contribution in [1.82, 2.24) is 4.98 Å². The Morgan fingerprint density at radius 2 is 2.06 bits per heavy atom. The largest absolute Gasteiger partial charge is 0.516 e. The summed E-state index contributed by atoms with van der Waals surface area (Å²) in [6.45, 7) is 0. The summed E-state index contributed by atoms with van der Waals surface area (Å²) in [5, 5.41) is 9.80. The minimum atomic E-state index is 0.283. The number of pyridine rings is 1. The molecule has 1 heterocycles. The highest BCUT2D eigenvalue weighted by Crippen LogP contribution is 2.27. The van der Waals surface area contributed by atoms with Crippen molar-refractivity contribution >= 4 is 34.9 Å². The van der Waals surface area contributed by atoms with E-state index in [9.17, 15) is 4.79 Å². The molecule has 0 radical (unpaired) electrons. The Bertz CT molecular complexity index is 578. The number of aromatic nitrogens is 1. The van der Waals surface area contributed by atoms with E-state index in [1.54, 1.807) is 12.1 Å². The first-order chi connectivity index (χ1) is 7.77. The molecule has 0 atom stereocenters. The second-order valence-corrected chi connectivity index (χ2v) is 3.55. The highest BCUT2D eigenvalue weighted by molar-refractivity contribution is 6.38. The van der Waals surface area contributed by atoms with Gasteiger partial charge in [-0.25, -0.2) is 4.98 Å². The molecular weight excluding hydrogens is 226 g/mol. The standard InChI is InChI=1S/C12H8ClNO2/c13-12-8-3-1-2-4-10(8)14-11(5-6-15)9(12)7-16/h1-7,15H/b6-5+. The first kappa shape index (κ1) is 10.6. The number of carbonyl (C=O) groups excluding carboxylic acids is 1. The molecule has 2 rings (SSSR count). The molecule has 80 valence electrons. The number of para-hydroxylation sites is 1. The van der Waals surface area contributed by atoms with E-state index < -0.39 is 0 Å². The number of aliphatic hydroxyl groups excluding tert-OH is 1. The highest BCUT2D eigenvalue weighted by atomic mass is 35.5. The van der Waals surface area contributed by atoms with Gasteiger partial charge in [-0.15, -0.1) is 0 Å². The first-order valence-corrected chi connectivity index (χ1v) is 5.00. The average molecular weight is 234 g/mol. The van der Waals surface area contributed by atoms with E-state index in [4.69, 9.17) is 16.7 Å². The number of nitrogens with zero attached hydrogens (tertiary/aromatic N) is 1. The highest BCUT2D eigenvalue weighted by Gasteiger charge is 2.10. The van der Waals surface area contributed by atoms with Gasteiger partial charge in [-0.1, -0.05) is 29.8 Å². The summed E-state index contributed by atoms with van der Waals surface area (Å²) >= 11 is 6.10. The third kappa shape index (κ3) is 1.66. The fraction of sp³-hybridized carbons (Fsp3) is 0. The van der Waals surface area contributed by atoms with Gasteiger partial charge < -0.3 is 5.11 Å². The molecule has 0 saturated carbocycles. The Labute approximate surface area is 97.0 Å². The predicted molar refractivity (Wildman–Crippen MR) is 63.8 cm³/mol. The lowest BCUT2D eigenvalue weighted by Gasteiger charge is -2.05. The normalized spacial score (nSPS) is 11.1. The van der Waals surface area contributed by atoms with Crippen molar-refractivity contribution in [2.24, 2.45) is 0 Å². The molecule has 0 saturated heterocycles. The lowest BCUT2D eigenvalue weighted by molar-refractivity contribution is 0.112. The number of carbonyl (C=O) groups is 1. The molecule has 1 aromatic carbocycles. The molecule has 1 N–H and O–H groups in total. The van der Waals surface area contributed by atoms with Crippen LogP contribution in [-0.2, 0) is 0 Å². The van der Waals surface area contributed by atoms with Crippen LogP contribution in [-0.4, -0.2) is 16.4 Å². The SMILES string of the molecule is O=Cc1c(/C=C/O)nc2ccccc2c1Cl. The first-order valence-electron chi connectivity index (χ1n) is 4.62. The maximum Gasteiger partial charge on any atom is 0.153 e. The second-order valence-electron chi connectivity index (χ2n) is 3.18. The van der Waals surface area contributed by atoms with E-state index in [0.29, 0.717) is 22.5 Å². The summed E-state index contributed by atoms with van der Waals surface area (Å²) in [6.07, 6.45) is 2.81. The molecule has 1 aromatic heterocycles. The Morgan fingerprint density at radius 1 is 1.31 bits per heavy atom. The number of aliphatic hydroxyl groups is 1. The van der Waals surface area contributed by atoms with E-state index in [2.05, 4.69) is 4.98 Å². The van der Waals surface area contributed by atoms with Crippen LogP contribution in [0.1, 0.15) is 16.1 Å². The van der Waals surface area contributed by atoms with Crippen LogP contribution in [0.3, 0.4) is 0 Å². The summed E-state index contributed by atoms with van der Waals surface area (Å²) < 4.78 is 0. The number of aldehydes is 1. The molecule has 0 aliphatic heterocycles. The Morgan fingerprint density at radius 3 is 2.75 bits per heavy atom. The second kappa shape index (κ2) is 4.33. The molecule has 16 heavy (non-hydrogen) atoms. The van der Waals surface area contributed by atoms with Crippen LogP contribution in [0.15, 0.2) is 30.5 Å². The summed E-state index contributed by atoms with van der Waals surface area (Å²) in [6, 6.07) is 7.25. The van der Waals surface area contributed by atoms with Crippen molar-refractivity contribution in [3.8, 4) is 0 Å². The van der Waals surface area contributed by atoms with Crippen molar-refractivity contribution in [3.05, 3.63) is 46.8 Å². The number of halogens is 1. The van der Waals surface area contributed by atoms with Gasteiger partial charge in [0.25, 0.3) is 0 Å². The quantitative estimate of drug-likeness (QED) is 0.640. The lowest BCUT2D eigenvalue weighted by atomic mass is 10.1. The van der Waals surface area contributed by atoms with Crippen LogP contribution in [0.2, 0.25) is 5.02 Å². The fourth-order valence-electron chi connectivity index (χ4n) is 1.51. The van der Waals surface area contributed by atoms with Crippen molar-refractivity contribution in [1.29, 1.82) is 0 Å². The summed E-state index contributed by atoms with van der Waals surface area (Å²) in [4.78, 5) is 15.2. The zero-order valence-electron chi connectivity index (χ0n) is 8.22. The Kier molecular flexibility index (Phi) is 2.88. The average Bonchev–Trinajstić information content (AvgIpc) is 2.30. The number of hydrogen-bond donors (Lipinski definition) is 1. The maximum atomic E-state index is 10.9. The summed E-state index contributed by atoms with van der Waals surface area (Å²) in [5.74, 6) is 0. The molecule has 0 amide bonds. The van der Waals surface area contributed by atoms with Crippen molar-refractivity contribution in [2.75, 3.05) is 0 Å². The number of hydrogen-bond acceptors (Lipinski definition) is 3. The summed E-state index contributed by atoms with van der Waals surface area (Å²) in [7, 11) is 0. The molecule has 2 aromatic rings. The molecule has 0 aliphatic carbocycles. The molecule has 4 heteroatoms. The van der Waals surface area contributed by atoms with Crippen molar-refractivity contribution < 1.29 is 9.90 Å². The van der Waals surface area contributed by atoms with Gasteiger partial charge in [0, 0.05) is 5.39 Å². The van der Waals surface area contributed by atoms with Gasteiger partial charge in [0.05, 0.1) is 28.1 Å². The molecule has 0 bridgehead atoms. The van der Waals surface area contributed by atoms with E-state index in [0.717, 1.165) is 11.6 Å². The van der Waals surface area contributed by atoms with Crippen molar-refractivity contribution in [3.63, 3.8) is 0 Å². The Hall–Kier alpha value is -1.87.